The Morgan fingerprint density at radius 2 is 1.84 bits per heavy atom. The Bertz CT molecular complexity index is 377. The standard InChI is InChI=1S/C13H20N2O4/c1-8-6-10(8)12(17)19-7-11(16)15-13(18)14-9-4-2-3-5-9/h8-10H,2-7H2,1H3,(H2,14,15,16,18)/t8-,10-/m1/s1. The largest absolute Gasteiger partial charge is 0.455 e. The first-order valence-electron chi connectivity index (χ1n) is 6.83. The molecule has 0 aromatic rings. The summed E-state index contributed by atoms with van der Waals surface area (Å²) in [7, 11) is 0. The Balaban J connectivity index is 1.60. The van der Waals surface area contributed by atoms with Crippen molar-refractivity contribution in [3.63, 3.8) is 0 Å². The van der Waals surface area contributed by atoms with Crippen LogP contribution in [0.5, 0.6) is 0 Å². The molecule has 0 saturated heterocycles. The third kappa shape index (κ3) is 4.22. The Hall–Kier alpha value is -1.59. The van der Waals surface area contributed by atoms with E-state index >= 15 is 0 Å². The molecule has 2 aliphatic carbocycles. The van der Waals surface area contributed by atoms with Gasteiger partial charge in [-0.15, -0.1) is 0 Å². The number of carbonyl (C=O) groups is 3. The molecule has 19 heavy (non-hydrogen) atoms. The summed E-state index contributed by atoms with van der Waals surface area (Å²) in [6, 6.07) is -0.351. The normalized spacial score (nSPS) is 25.7. The molecule has 2 fully saturated rings. The van der Waals surface area contributed by atoms with Crippen molar-refractivity contribution in [1.29, 1.82) is 0 Å². The van der Waals surface area contributed by atoms with Crippen LogP contribution in [0.1, 0.15) is 39.0 Å². The fraction of sp³-hybridized carbons (Fsp3) is 0.769. The van der Waals surface area contributed by atoms with Gasteiger partial charge >= 0.3 is 12.0 Å². The van der Waals surface area contributed by atoms with Gasteiger partial charge in [-0.3, -0.25) is 14.9 Å². The maximum Gasteiger partial charge on any atom is 0.321 e. The summed E-state index contributed by atoms with van der Waals surface area (Å²) in [5.41, 5.74) is 0. The number of urea groups is 1. The van der Waals surface area contributed by atoms with Crippen molar-refractivity contribution >= 4 is 17.9 Å². The van der Waals surface area contributed by atoms with Crippen LogP contribution < -0.4 is 10.6 Å². The van der Waals surface area contributed by atoms with Crippen molar-refractivity contribution in [1.82, 2.24) is 10.6 Å². The van der Waals surface area contributed by atoms with E-state index < -0.39 is 11.9 Å². The summed E-state index contributed by atoms with van der Waals surface area (Å²) >= 11 is 0. The Morgan fingerprint density at radius 1 is 1.21 bits per heavy atom. The van der Waals surface area contributed by atoms with Gasteiger partial charge in [-0.05, 0) is 25.2 Å². The SMILES string of the molecule is C[C@@H]1C[C@H]1C(=O)OCC(=O)NC(=O)NC1CCCC1. The summed E-state index contributed by atoms with van der Waals surface area (Å²) in [4.78, 5) is 34.3. The minimum absolute atomic E-state index is 0.0693. The summed E-state index contributed by atoms with van der Waals surface area (Å²) in [6.45, 7) is 1.57. The van der Waals surface area contributed by atoms with Crippen molar-refractivity contribution in [2.45, 2.75) is 45.1 Å². The van der Waals surface area contributed by atoms with Gasteiger partial charge in [-0.2, -0.15) is 0 Å². The monoisotopic (exact) mass is 268 g/mol. The molecule has 2 N–H and O–H groups in total. The number of esters is 1. The zero-order valence-electron chi connectivity index (χ0n) is 11.1. The minimum Gasteiger partial charge on any atom is -0.455 e. The predicted octanol–water partition coefficient (Wildman–Crippen LogP) is 0.954. The minimum atomic E-state index is -0.586. The van der Waals surface area contributed by atoms with Crippen LogP contribution in [0.2, 0.25) is 0 Å². The molecule has 0 bridgehead atoms. The first-order valence-corrected chi connectivity index (χ1v) is 6.83. The Kier molecular flexibility index (Phi) is 4.39. The average Bonchev–Trinajstić information content (AvgIpc) is 2.87. The maximum atomic E-state index is 11.5. The van der Waals surface area contributed by atoms with Gasteiger partial charge in [0.2, 0.25) is 0 Å². The third-order valence-corrected chi connectivity index (χ3v) is 3.70. The second-order valence-corrected chi connectivity index (χ2v) is 5.43. The van der Waals surface area contributed by atoms with Crippen molar-refractivity contribution < 1.29 is 19.1 Å². The number of hydrogen-bond donors (Lipinski definition) is 2. The molecule has 0 radical (unpaired) electrons. The van der Waals surface area contributed by atoms with E-state index in [1.807, 2.05) is 6.92 Å². The molecular formula is C13H20N2O4. The Morgan fingerprint density at radius 3 is 2.42 bits per heavy atom. The van der Waals surface area contributed by atoms with E-state index in [1.165, 1.54) is 0 Å². The average molecular weight is 268 g/mol. The summed E-state index contributed by atoms with van der Waals surface area (Å²) in [6.07, 6.45) is 4.95. The van der Waals surface area contributed by atoms with Gasteiger partial charge in [0.1, 0.15) is 0 Å². The lowest BCUT2D eigenvalue weighted by Gasteiger charge is -2.12. The number of nitrogens with one attached hydrogen (secondary N) is 2. The Labute approximate surface area is 112 Å². The second-order valence-electron chi connectivity index (χ2n) is 5.43. The number of carbonyl (C=O) groups excluding carboxylic acids is 3. The number of imide groups is 1. The maximum absolute atomic E-state index is 11.5. The van der Waals surface area contributed by atoms with Gasteiger partial charge in [0, 0.05) is 6.04 Å². The van der Waals surface area contributed by atoms with E-state index in [0.29, 0.717) is 5.92 Å². The molecule has 0 spiro atoms. The molecule has 0 heterocycles. The highest BCUT2D eigenvalue weighted by Gasteiger charge is 2.40. The first-order chi connectivity index (χ1) is 9.06. The van der Waals surface area contributed by atoms with Crippen LogP contribution in [0.4, 0.5) is 4.79 Å². The van der Waals surface area contributed by atoms with Gasteiger partial charge in [-0.1, -0.05) is 19.8 Å². The van der Waals surface area contributed by atoms with Gasteiger partial charge in [0.25, 0.3) is 5.91 Å². The van der Waals surface area contributed by atoms with Crippen molar-refractivity contribution in [3.8, 4) is 0 Å². The molecule has 2 aliphatic rings. The molecule has 2 rings (SSSR count). The van der Waals surface area contributed by atoms with E-state index in [0.717, 1.165) is 32.1 Å². The highest BCUT2D eigenvalue weighted by Crippen LogP contribution is 2.38. The van der Waals surface area contributed by atoms with Crippen LogP contribution in [-0.2, 0) is 14.3 Å². The highest BCUT2D eigenvalue weighted by atomic mass is 16.5. The lowest BCUT2D eigenvalue weighted by atomic mass is 10.2. The quantitative estimate of drug-likeness (QED) is 0.744. The fourth-order valence-electron chi connectivity index (χ4n) is 2.35. The zero-order valence-corrected chi connectivity index (χ0v) is 11.1. The number of hydrogen-bond acceptors (Lipinski definition) is 4. The van der Waals surface area contributed by atoms with Crippen LogP contribution in [0.25, 0.3) is 0 Å². The topological polar surface area (TPSA) is 84.5 Å². The van der Waals surface area contributed by atoms with Crippen LogP contribution >= 0.6 is 0 Å². The molecule has 0 unspecified atom stereocenters. The summed E-state index contributed by atoms with van der Waals surface area (Å²) in [5, 5.41) is 4.89. The highest BCUT2D eigenvalue weighted by molar-refractivity contribution is 5.95. The molecular weight excluding hydrogens is 248 g/mol. The predicted molar refractivity (Wildman–Crippen MR) is 67.2 cm³/mol. The molecule has 6 nitrogen and oxygen atoms in total. The fourth-order valence-corrected chi connectivity index (χ4v) is 2.35. The molecule has 106 valence electrons. The van der Waals surface area contributed by atoms with E-state index in [4.69, 9.17) is 4.74 Å². The van der Waals surface area contributed by atoms with E-state index in [1.54, 1.807) is 0 Å². The van der Waals surface area contributed by atoms with Crippen molar-refractivity contribution in [2.24, 2.45) is 11.8 Å². The van der Waals surface area contributed by atoms with E-state index in [2.05, 4.69) is 10.6 Å². The molecule has 0 aromatic heterocycles. The van der Waals surface area contributed by atoms with E-state index in [9.17, 15) is 14.4 Å². The van der Waals surface area contributed by atoms with E-state index in [-0.39, 0.29) is 24.5 Å². The van der Waals surface area contributed by atoms with Crippen LogP contribution in [-0.4, -0.2) is 30.6 Å². The lowest BCUT2D eigenvalue weighted by molar-refractivity contribution is -0.149. The first kappa shape index (κ1) is 13.8. The van der Waals surface area contributed by atoms with Gasteiger partial charge in [0.05, 0.1) is 5.92 Å². The van der Waals surface area contributed by atoms with Crippen molar-refractivity contribution in [3.05, 3.63) is 0 Å². The molecule has 0 aromatic carbocycles. The second kappa shape index (κ2) is 6.04. The van der Waals surface area contributed by atoms with Crippen LogP contribution in [0.3, 0.4) is 0 Å². The summed E-state index contributed by atoms with van der Waals surface area (Å²) in [5.74, 6) is -0.655. The number of amides is 3. The molecule has 6 heteroatoms. The third-order valence-electron chi connectivity index (χ3n) is 3.70. The molecule has 2 saturated carbocycles. The van der Waals surface area contributed by atoms with Gasteiger partial charge in [-0.25, -0.2) is 4.79 Å². The number of ether oxygens (including phenoxy) is 1. The molecule has 0 aliphatic heterocycles. The number of rotatable bonds is 4. The van der Waals surface area contributed by atoms with Crippen molar-refractivity contribution in [2.75, 3.05) is 6.61 Å². The van der Waals surface area contributed by atoms with Crippen LogP contribution in [0.15, 0.2) is 0 Å². The smallest absolute Gasteiger partial charge is 0.321 e. The van der Waals surface area contributed by atoms with Crippen LogP contribution in [0, 0.1) is 11.8 Å². The van der Waals surface area contributed by atoms with Gasteiger partial charge in [0.15, 0.2) is 6.61 Å². The zero-order chi connectivity index (χ0) is 13.8. The molecule has 3 amide bonds. The lowest BCUT2D eigenvalue weighted by Crippen LogP contribution is -2.45. The molecule has 2 atom stereocenters. The van der Waals surface area contributed by atoms with Gasteiger partial charge < -0.3 is 10.1 Å². The summed E-state index contributed by atoms with van der Waals surface area (Å²) < 4.78 is 4.84.